The predicted octanol–water partition coefficient (Wildman–Crippen LogP) is 1.19. The van der Waals surface area contributed by atoms with Crippen LogP contribution in [-0.4, -0.2) is 43.0 Å². The van der Waals surface area contributed by atoms with E-state index in [9.17, 15) is 9.59 Å². The van der Waals surface area contributed by atoms with Crippen LogP contribution < -0.4 is 5.32 Å². The molecule has 20 heavy (non-hydrogen) atoms. The molecule has 0 saturated heterocycles. The predicted molar refractivity (Wildman–Crippen MR) is 77.0 cm³/mol. The second kappa shape index (κ2) is 9.09. The van der Waals surface area contributed by atoms with Crippen LogP contribution in [0.4, 0.5) is 0 Å². The minimum atomic E-state index is -0.244. The first-order valence-corrected chi connectivity index (χ1v) is 6.78. The molecule has 110 valence electrons. The number of hydrogen-bond donors (Lipinski definition) is 1. The Bertz CT molecular complexity index is 420. The van der Waals surface area contributed by atoms with Gasteiger partial charge in [-0.1, -0.05) is 30.3 Å². The van der Waals surface area contributed by atoms with E-state index in [0.29, 0.717) is 26.2 Å². The number of nitrogens with one attached hydrogen (secondary N) is 1. The maximum absolute atomic E-state index is 11.6. The van der Waals surface area contributed by atoms with Crippen molar-refractivity contribution in [1.29, 1.82) is 0 Å². The first-order valence-electron chi connectivity index (χ1n) is 6.78. The third-order valence-electron chi connectivity index (χ3n) is 2.71. The lowest BCUT2D eigenvalue weighted by Gasteiger charge is -2.21. The lowest BCUT2D eigenvalue weighted by Crippen LogP contribution is -2.37. The van der Waals surface area contributed by atoms with Gasteiger partial charge in [0.15, 0.2) is 0 Å². The van der Waals surface area contributed by atoms with Crippen molar-refractivity contribution in [2.75, 3.05) is 26.2 Å². The summed E-state index contributed by atoms with van der Waals surface area (Å²) in [5.74, 6) is -0.313. The maximum Gasteiger partial charge on any atom is 0.320 e. The highest BCUT2D eigenvalue weighted by Crippen LogP contribution is 2.04. The van der Waals surface area contributed by atoms with Gasteiger partial charge in [0.25, 0.3) is 0 Å². The Morgan fingerprint density at radius 1 is 1.25 bits per heavy atom. The van der Waals surface area contributed by atoms with Crippen LogP contribution in [-0.2, 0) is 20.9 Å². The Kier molecular flexibility index (Phi) is 7.35. The number of esters is 1. The average molecular weight is 278 g/mol. The number of carbonyl (C=O) groups excluding carboxylic acids is 2. The van der Waals surface area contributed by atoms with Crippen molar-refractivity contribution in [2.45, 2.75) is 20.4 Å². The highest BCUT2D eigenvalue weighted by atomic mass is 16.5. The molecule has 1 N–H and O–H groups in total. The molecule has 1 rings (SSSR count). The van der Waals surface area contributed by atoms with E-state index in [4.69, 9.17) is 4.74 Å². The second-order valence-corrected chi connectivity index (χ2v) is 4.48. The minimum absolute atomic E-state index is 0.0687. The Balaban J connectivity index is 2.53. The largest absolute Gasteiger partial charge is 0.465 e. The SMILES string of the molecule is CCOC(=O)CN(CCNC(C)=O)Cc1ccccc1. The van der Waals surface area contributed by atoms with E-state index in [1.807, 2.05) is 35.2 Å². The number of rotatable bonds is 8. The van der Waals surface area contributed by atoms with Crippen molar-refractivity contribution in [3.05, 3.63) is 35.9 Å². The maximum atomic E-state index is 11.6. The van der Waals surface area contributed by atoms with E-state index in [0.717, 1.165) is 5.56 Å². The molecule has 0 heterocycles. The van der Waals surface area contributed by atoms with Crippen LogP contribution in [0.3, 0.4) is 0 Å². The molecular formula is C15H22N2O3. The number of carbonyl (C=O) groups is 2. The lowest BCUT2D eigenvalue weighted by molar-refractivity contribution is -0.144. The molecule has 0 aliphatic heterocycles. The molecule has 5 heteroatoms. The Labute approximate surface area is 119 Å². The van der Waals surface area contributed by atoms with E-state index in [-0.39, 0.29) is 18.4 Å². The zero-order valence-electron chi connectivity index (χ0n) is 12.1. The number of ether oxygens (including phenoxy) is 1. The summed E-state index contributed by atoms with van der Waals surface area (Å²) >= 11 is 0. The molecule has 0 aromatic heterocycles. The van der Waals surface area contributed by atoms with Crippen molar-refractivity contribution in [3.63, 3.8) is 0 Å². The lowest BCUT2D eigenvalue weighted by atomic mass is 10.2. The molecule has 5 nitrogen and oxygen atoms in total. The topological polar surface area (TPSA) is 58.6 Å². The van der Waals surface area contributed by atoms with Gasteiger partial charge in [-0.2, -0.15) is 0 Å². The fourth-order valence-corrected chi connectivity index (χ4v) is 1.83. The van der Waals surface area contributed by atoms with E-state index >= 15 is 0 Å². The molecule has 1 aromatic rings. The Morgan fingerprint density at radius 3 is 2.55 bits per heavy atom. The van der Waals surface area contributed by atoms with Gasteiger partial charge in [-0.15, -0.1) is 0 Å². The van der Waals surface area contributed by atoms with Crippen LogP contribution in [0.15, 0.2) is 30.3 Å². The molecule has 0 aliphatic carbocycles. The van der Waals surface area contributed by atoms with Gasteiger partial charge in [0.1, 0.15) is 0 Å². The van der Waals surface area contributed by atoms with Gasteiger partial charge in [-0.05, 0) is 12.5 Å². The summed E-state index contributed by atoms with van der Waals surface area (Å²) in [6, 6.07) is 9.90. The molecule has 1 amide bonds. The van der Waals surface area contributed by atoms with Crippen molar-refractivity contribution in [2.24, 2.45) is 0 Å². The molecule has 0 fully saturated rings. The summed E-state index contributed by atoms with van der Waals surface area (Å²) in [4.78, 5) is 24.4. The first kappa shape index (κ1) is 16.2. The van der Waals surface area contributed by atoms with Crippen molar-refractivity contribution in [1.82, 2.24) is 10.2 Å². The fraction of sp³-hybridized carbons (Fsp3) is 0.467. The zero-order chi connectivity index (χ0) is 14.8. The van der Waals surface area contributed by atoms with Gasteiger partial charge in [0.05, 0.1) is 13.2 Å². The van der Waals surface area contributed by atoms with Crippen molar-refractivity contribution >= 4 is 11.9 Å². The van der Waals surface area contributed by atoms with E-state index in [1.165, 1.54) is 6.92 Å². The van der Waals surface area contributed by atoms with Crippen LogP contribution in [0.5, 0.6) is 0 Å². The molecular weight excluding hydrogens is 256 g/mol. The number of benzene rings is 1. The third kappa shape index (κ3) is 6.89. The highest BCUT2D eigenvalue weighted by Gasteiger charge is 2.12. The van der Waals surface area contributed by atoms with Gasteiger partial charge in [-0.3, -0.25) is 14.5 Å². The molecule has 0 saturated carbocycles. The highest BCUT2D eigenvalue weighted by molar-refractivity contribution is 5.73. The van der Waals surface area contributed by atoms with Crippen LogP contribution in [0.1, 0.15) is 19.4 Å². The molecule has 0 unspecified atom stereocenters. The Hall–Kier alpha value is -1.88. The summed E-state index contributed by atoms with van der Waals surface area (Å²) in [6.07, 6.45) is 0. The smallest absolute Gasteiger partial charge is 0.320 e. The standard InChI is InChI=1S/C15H22N2O3/c1-3-20-15(19)12-17(10-9-16-13(2)18)11-14-7-5-4-6-8-14/h4-8H,3,9-12H2,1-2H3,(H,16,18). The van der Waals surface area contributed by atoms with E-state index in [2.05, 4.69) is 5.32 Å². The monoisotopic (exact) mass is 278 g/mol. The van der Waals surface area contributed by atoms with Gasteiger partial charge < -0.3 is 10.1 Å². The average Bonchev–Trinajstić information content (AvgIpc) is 2.39. The van der Waals surface area contributed by atoms with Gasteiger partial charge in [0, 0.05) is 26.6 Å². The van der Waals surface area contributed by atoms with Crippen LogP contribution in [0, 0.1) is 0 Å². The van der Waals surface area contributed by atoms with Crippen LogP contribution >= 0.6 is 0 Å². The van der Waals surface area contributed by atoms with Gasteiger partial charge in [-0.25, -0.2) is 0 Å². The van der Waals surface area contributed by atoms with Crippen molar-refractivity contribution < 1.29 is 14.3 Å². The molecule has 0 atom stereocenters. The number of hydrogen-bond acceptors (Lipinski definition) is 4. The van der Waals surface area contributed by atoms with E-state index < -0.39 is 0 Å². The molecule has 0 spiro atoms. The van der Waals surface area contributed by atoms with E-state index in [1.54, 1.807) is 6.92 Å². The minimum Gasteiger partial charge on any atom is -0.465 e. The summed E-state index contributed by atoms with van der Waals surface area (Å²) in [6.45, 7) is 5.64. The number of nitrogens with zero attached hydrogens (tertiary/aromatic N) is 1. The second-order valence-electron chi connectivity index (χ2n) is 4.48. The Morgan fingerprint density at radius 2 is 1.95 bits per heavy atom. The normalized spacial score (nSPS) is 10.3. The number of amides is 1. The first-order chi connectivity index (χ1) is 9.61. The molecule has 0 radical (unpaired) electrons. The summed E-state index contributed by atoms with van der Waals surface area (Å²) in [7, 11) is 0. The van der Waals surface area contributed by atoms with Crippen LogP contribution in [0.25, 0.3) is 0 Å². The van der Waals surface area contributed by atoms with Gasteiger partial charge in [0.2, 0.25) is 5.91 Å². The fourth-order valence-electron chi connectivity index (χ4n) is 1.83. The summed E-state index contributed by atoms with van der Waals surface area (Å²) < 4.78 is 4.97. The molecule has 1 aromatic carbocycles. The van der Waals surface area contributed by atoms with Crippen LogP contribution in [0.2, 0.25) is 0 Å². The summed E-state index contributed by atoms with van der Waals surface area (Å²) in [5, 5.41) is 2.73. The quantitative estimate of drug-likeness (QED) is 0.726. The van der Waals surface area contributed by atoms with Gasteiger partial charge >= 0.3 is 5.97 Å². The zero-order valence-corrected chi connectivity index (χ0v) is 12.1. The summed E-state index contributed by atoms with van der Waals surface area (Å²) in [5.41, 5.74) is 1.12. The molecule has 0 bridgehead atoms. The third-order valence-corrected chi connectivity index (χ3v) is 2.71. The molecule has 0 aliphatic rings. The van der Waals surface area contributed by atoms with Crippen molar-refractivity contribution in [3.8, 4) is 0 Å².